The average Bonchev–Trinajstić information content (AvgIpc) is 3.21. The lowest BCUT2D eigenvalue weighted by molar-refractivity contribution is 0.636. The Balaban J connectivity index is 1.83. The molecule has 0 spiro atoms. The zero-order valence-electron chi connectivity index (χ0n) is 15.2. The molecule has 0 unspecified atom stereocenters. The summed E-state index contributed by atoms with van der Waals surface area (Å²) < 4.78 is 1.78. The number of benzene rings is 2. The van der Waals surface area contributed by atoms with E-state index in [1.54, 1.807) is 11.0 Å². The highest BCUT2D eigenvalue weighted by Crippen LogP contribution is 2.28. The van der Waals surface area contributed by atoms with Crippen molar-refractivity contribution in [2.24, 2.45) is 0 Å². The zero-order chi connectivity index (χ0) is 18.9. The summed E-state index contributed by atoms with van der Waals surface area (Å²) in [5.74, 6) is 0. The van der Waals surface area contributed by atoms with Crippen molar-refractivity contribution in [3.8, 4) is 0 Å². The molecule has 0 aliphatic heterocycles. The van der Waals surface area contributed by atoms with Gasteiger partial charge >= 0.3 is 0 Å². The van der Waals surface area contributed by atoms with Crippen molar-refractivity contribution in [2.45, 2.75) is 6.54 Å². The van der Waals surface area contributed by atoms with Crippen molar-refractivity contribution in [3.63, 3.8) is 0 Å². The number of aromatic nitrogens is 3. The molecule has 7 nitrogen and oxygen atoms in total. The molecule has 2 aromatic carbocycles. The number of anilines is 3. The van der Waals surface area contributed by atoms with Crippen LogP contribution in [0.1, 0.15) is 5.56 Å². The van der Waals surface area contributed by atoms with Gasteiger partial charge < -0.3 is 21.4 Å². The van der Waals surface area contributed by atoms with E-state index in [0.717, 1.165) is 28.2 Å². The summed E-state index contributed by atoms with van der Waals surface area (Å²) in [6.45, 7) is 1.39. The van der Waals surface area contributed by atoms with E-state index >= 15 is 0 Å². The van der Waals surface area contributed by atoms with Gasteiger partial charge in [-0.3, -0.25) is 4.68 Å². The third kappa shape index (κ3) is 4.94. The summed E-state index contributed by atoms with van der Waals surface area (Å²) in [6, 6.07) is 16.1. The van der Waals surface area contributed by atoms with Crippen molar-refractivity contribution in [1.29, 1.82) is 5.41 Å². The minimum atomic E-state index is 0.690. The van der Waals surface area contributed by atoms with Gasteiger partial charge in [0.15, 0.2) is 0 Å². The lowest BCUT2D eigenvalue weighted by atomic mass is 10.0. The molecular weight excluding hydrogens is 338 g/mol. The Labute approximate surface area is 158 Å². The Morgan fingerprint density at radius 2 is 2.00 bits per heavy atom. The molecule has 138 valence electrons. The SMILES string of the molecule is CN/C=C(\C=N)c1ccc(Nc2ccccc2)cc1NCCn1cncn1. The molecule has 0 bridgehead atoms. The van der Waals surface area contributed by atoms with Crippen molar-refractivity contribution in [2.75, 3.05) is 24.2 Å². The third-order valence-corrected chi connectivity index (χ3v) is 3.97. The molecule has 0 fully saturated rings. The molecule has 4 N–H and O–H groups in total. The zero-order valence-corrected chi connectivity index (χ0v) is 15.2. The molecule has 0 aliphatic carbocycles. The van der Waals surface area contributed by atoms with Gasteiger partial charge in [0.05, 0.1) is 6.54 Å². The maximum Gasteiger partial charge on any atom is 0.137 e. The summed E-state index contributed by atoms with van der Waals surface area (Å²) >= 11 is 0. The van der Waals surface area contributed by atoms with Crippen LogP contribution in [0.15, 0.2) is 67.4 Å². The van der Waals surface area contributed by atoms with Gasteiger partial charge in [-0.1, -0.05) is 24.3 Å². The van der Waals surface area contributed by atoms with Gasteiger partial charge in [-0.05, 0) is 24.3 Å². The predicted octanol–water partition coefficient (Wildman–Crippen LogP) is 3.34. The summed E-state index contributed by atoms with van der Waals surface area (Å²) in [5, 5.41) is 21.7. The van der Waals surface area contributed by atoms with Gasteiger partial charge in [0.25, 0.3) is 0 Å². The van der Waals surface area contributed by atoms with Gasteiger partial charge in [-0.2, -0.15) is 5.10 Å². The van der Waals surface area contributed by atoms with Crippen molar-refractivity contribution in [1.82, 2.24) is 20.1 Å². The van der Waals surface area contributed by atoms with Crippen molar-refractivity contribution < 1.29 is 0 Å². The maximum absolute atomic E-state index is 7.72. The van der Waals surface area contributed by atoms with Gasteiger partial charge in [0, 0.05) is 54.2 Å². The minimum absolute atomic E-state index is 0.690. The summed E-state index contributed by atoms with van der Waals surface area (Å²) in [4.78, 5) is 3.96. The number of allylic oxidation sites excluding steroid dienone is 1. The summed E-state index contributed by atoms with van der Waals surface area (Å²) in [6.07, 6.45) is 6.38. The average molecular weight is 361 g/mol. The Morgan fingerprint density at radius 1 is 1.15 bits per heavy atom. The van der Waals surface area contributed by atoms with Crippen LogP contribution in [-0.2, 0) is 6.54 Å². The highest BCUT2D eigenvalue weighted by atomic mass is 15.3. The Bertz CT molecular complexity index is 886. The van der Waals surface area contributed by atoms with E-state index in [0.29, 0.717) is 13.1 Å². The second-order valence-corrected chi connectivity index (χ2v) is 5.87. The van der Waals surface area contributed by atoms with Crippen LogP contribution in [-0.4, -0.2) is 34.6 Å². The van der Waals surface area contributed by atoms with Crippen LogP contribution in [0.25, 0.3) is 5.57 Å². The molecule has 27 heavy (non-hydrogen) atoms. The molecule has 0 aliphatic rings. The first kappa shape index (κ1) is 18.2. The fourth-order valence-corrected chi connectivity index (χ4v) is 2.71. The first-order chi connectivity index (χ1) is 13.3. The molecule has 1 aromatic heterocycles. The number of rotatable bonds is 9. The standard InChI is InChI=1S/C20H23N7/c1-22-13-16(12-21)19-8-7-18(26-17-5-3-2-4-6-17)11-20(19)24-9-10-27-15-23-14-25-27/h2-8,11-15,21-22,24,26H,9-10H2,1H3/b16-13+,21-12?. The molecular formula is C20H23N7. The highest BCUT2D eigenvalue weighted by Gasteiger charge is 2.08. The highest BCUT2D eigenvalue weighted by molar-refractivity contribution is 6.10. The number of nitrogens with zero attached hydrogens (tertiary/aromatic N) is 3. The Kier molecular flexibility index (Phi) is 6.19. The van der Waals surface area contributed by atoms with Crippen molar-refractivity contribution >= 4 is 28.8 Å². The lowest BCUT2D eigenvalue weighted by Crippen LogP contribution is -2.12. The predicted molar refractivity (Wildman–Crippen MR) is 110 cm³/mol. The smallest absolute Gasteiger partial charge is 0.137 e. The first-order valence-electron chi connectivity index (χ1n) is 8.71. The summed E-state index contributed by atoms with van der Waals surface area (Å²) in [7, 11) is 1.83. The molecule has 0 radical (unpaired) electrons. The van der Waals surface area contributed by atoms with E-state index in [2.05, 4.69) is 32.1 Å². The number of para-hydroxylation sites is 1. The molecule has 0 atom stereocenters. The van der Waals surface area contributed by atoms with E-state index in [-0.39, 0.29) is 0 Å². The molecule has 0 saturated carbocycles. The van der Waals surface area contributed by atoms with E-state index in [9.17, 15) is 0 Å². The fraction of sp³-hybridized carbons (Fsp3) is 0.150. The number of hydrogen-bond acceptors (Lipinski definition) is 6. The largest absolute Gasteiger partial charge is 0.393 e. The van der Waals surface area contributed by atoms with Crippen LogP contribution < -0.4 is 16.0 Å². The lowest BCUT2D eigenvalue weighted by Gasteiger charge is -2.15. The van der Waals surface area contributed by atoms with Crippen LogP contribution in [0.2, 0.25) is 0 Å². The molecule has 3 aromatic rings. The van der Waals surface area contributed by atoms with E-state index in [1.165, 1.54) is 12.5 Å². The van der Waals surface area contributed by atoms with Crippen molar-refractivity contribution in [3.05, 3.63) is 72.9 Å². The minimum Gasteiger partial charge on any atom is -0.393 e. The number of nitrogens with one attached hydrogen (secondary N) is 4. The molecule has 0 amide bonds. The Morgan fingerprint density at radius 3 is 2.70 bits per heavy atom. The van der Waals surface area contributed by atoms with E-state index in [1.807, 2.05) is 55.7 Å². The molecule has 0 saturated heterocycles. The molecule has 7 heteroatoms. The van der Waals surface area contributed by atoms with Crippen LogP contribution in [0.4, 0.5) is 17.1 Å². The van der Waals surface area contributed by atoms with E-state index in [4.69, 9.17) is 5.41 Å². The van der Waals surface area contributed by atoms with Gasteiger partial charge in [-0.25, -0.2) is 4.98 Å². The van der Waals surface area contributed by atoms with Crippen LogP contribution in [0.3, 0.4) is 0 Å². The second-order valence-electron chi connectivity index (χ2n) is 5.87. The first-order valence-corrected chi connectivity index (χ1v) is 8.71. The number of hydrogen-bond donors (Lipinski definition) is 4. The van der Waals surface area contributed by atoms with Crippen LogP contribution in [0.5, 0.6) is 0 Å². The van der Waals surface area contributed by atoms with Gasteiger partial charge in [-0.15, -0.1) is 0 Å². The maximum atomic E-state index is 7.72. The van der Waals surface area contributed by atoms with Crippen LogP contribution >= 0.6 is 0 Å². The quantitative estimate of drug-likeness (QED) is 0.439. The molecule has 3 rings (SSSR count). The van der Waals surface area contributed by atoms with E-state index < -0.39 is 0 Å². The second kappa shape index (κ2) is 9.19. The van der Waals surface area contributed by atoms with Gasteiger partial charge in [0.2, 0.25) is 0 Å². The van der Waals surface area contributed by atoms with Gasteiger partial charge in [0.1, 0.15) is 12.7 Å². The normalized spacial score (nSPS) is 11.1. The Hall–Kier alpha value is -3.61. The van der Waals surface area contributed by atoms with Crippen LogP contribution in [0, 0.1) is 5.41 Å². The summed E-state index contributed by atoms with van der Waals surface area (Å²) in [5.41, 5.74) is 4.70. The molecule has 1 heterocycles. The fourth-order valence-electron chi connectivity index (χ4n) is 2.71. The monoisotopic (exact) mass is 361 g/mol. The third-order valence-electron chi connectivity index (χ3n) is 3.97. The topological polar surface area (TPSA) is 90.7 Å².